The van der Waals surface area contributed by atoms with Crippen LogP contribution in [0.25, 0.3) is 44.4 Å². The molecule has 0 unspecified atom stereocenters. The molecule has 1 aliphatic heterocycles. The number of fused-ring (bicyclic) bond motifs is 4. The lowest BCUT2D eigenvalue weighted by Crippen LogP contribution is -2.31. The predicted molar refractivity (Wildman–Crippen MR) is 129 cm³/mol. The maximum absolute atomic E-state index is 12.7. The first-order valence-corrected chi connectivity index (χ1v) is 11.5. The lowest BCUT2D eigenvalue weighted by atomic mass is 9.98. The van der Waals surface area contributed by atoms with Crippen molar-refractivity contribution in [3.63, 3.8) is 0 Å². The minimum Gasteiger partial charge on any atom is -0.449 e. The van der Waals surface area contributed by atoms with Gasteiger partial charge in [0.1, 0.15) is 16.9 Å². The third kappa shape index (κ3) is 3.37. The van der Waals surface area contributed by atoms with E-state index < -0.39 is 0 Å². The van der Waals surface area contributed by atoms with Crippen molar-refractivity contribution < 1.29 is 4.42 Å². The third-order valence-electron chi connectivity index (χ3n) is 6.14. The first-order valence-electron chi connectivity index (χ1n) is 10.7. The van der Waals surface area contributed by atoms with E-state index in [0.717, 1.165) is 51.8 Å². The van der Waals surface area contributed by atoms with Crippen molar-refractivity contribution >= 4 is 54.7 Å². The summed E-state index contributed by atoms with van der Waals surface area (Å²) in [5, 5.41) is 16.3. The van der Waals surface area contributed by atoms with E-state index in [-0.39, 0.29) is 11.1 Å². The Bertz CT molecular complexity index is 1510. The highest BCUT2D eigenvalue weighted by Crippen LogP contribution is 2.30. The highest BCUT2D eigenvalue weighted by Gasteiger charge is 2.17. The summed E-state index contributed by atoms with van der Waals surface area (Å²) in [6, 6.07) is 11.5. The highest BCUT2D eigenvalue weighted by molar-refractivity contribution is 9.10. The number of H-pyrrole nitrogens is 2. The van der Waals surface area contributed by atoms with Crippen LogP contribution in [0, 0.1) is 5.92 Å². The minimum atomic E-state index is -0.300. The summed E-state index contributed by atoms with van der Waals surface area (Å²) in [7, 11) is 0. The molecule has 1 saturated heterocycles. The smallest absolute Gasteiger partial charge is 0.294 e. The van der Waals surface area contributed by atoms with Crippen LogP contribution in [-0.4, -0.2) is 39.8 Å². The molecule has 0 amide bonds. The molecule has 0 aliphatic carbocycles. The molecule has 0 atom stereocenters. The van der Waals surface area contributed by atoms with E-state index in [1.54, 1.807) is 0 Å². The summed E-state index contributed by atoms with van der Waals surface area (Å²) in [5.74, 6) is 2.01. The molecule has 1 fully saturated rings. The van der Waals surface area contributed by atoms with Gasteiger partial charge in [-0.25, -0.2) is 4.98 Å². The fourth-order valence-corrected chi connectivity index (χ4v) is 4.75. The third-order valence-corrected chi connectivity index (χ3v) is 6.63. The van der Waals surface area contributed by atoms with E-state index in [1.165, 1.54) is 12.8 Å². The molecular formula is C23H21BrN6O2. The SMILES string of the molecule is O=c1[nH]c(-c2ccc3c(NCC4CCNCC4)n[nH]c3c2)nc2c1oc1ccc(Br)cc12. The van der Waals surface area contributed by atoms with E-state index >= 15 is 0 Å². The van der Waals surface area contributed by atoms with Crippen LogP contribution in [0.1, 0.15) is 12.8 Å². The van der Waals surface area contributed by atoms with Gasteiger partial charge in [-0.15, -0.1) is 0 Å². The molecule has 0 bridgehead atoms. The Balaban J connectivity index is 1.35. The maximum Gasteiger partial charge on any atom is 0.294 e. The average molecular weight is 493 g/mol. The second kappa shape index (κ2) is 7.75. The molecule has 4 heterocycles. The van der Waals surface area contributed by atoms with Crippen molar-refractivity contribution in [2.75, 3.05) is 25.0 Å². The number of rotatable bonds is 4. The van der Waals surface area contributed by atoms with E-state index in [9.17, 15) is 4.79 Å². The average Bonchev–Trinajstić information content (AvgIpc) is 3.39. The molecule has 9 heteroatoms. The molecule has 32 heavy (non-hydrogen) atoms. The van der Waals surface area contributed by atoms with E-state index in [0.29, 0.717) is 22.8 Å². The second-order valence-corrected chi connectivity index (χ2v) is 9.16. The molecule has 2 aromatic carbocycles. The van der Waals surface area contributed by atoms with Crippen LogP contribution in [-0.2, 0) is 0 Å². The molecular weight excluding hydrogens is 472 g/mol. The second-order valence-electron chi connectivity index (χ2n) is 8.24. The van der Waals surface area contributed by atoms with Crippen LogP contribution in [0.4, 0.5) is 5.82 Å². The molecule has 0 saturated carbocycles. The summed E-state index contributed by atoms with van der Waals surface area (Å²) in [6.07, 6.45) is 2.36. The zero-order valence-corrected chi connectivity index (χ0v) is 18.8. The minimum absolute atomic E-state index is 0.230. The zero-order valence-electron chi connectivity index (χ0n) is 17.2. The molecule has 3 aromatic heterocycles. The van der Waals surface area contributed by atoms with Crippen molar-refractivity contribution in [3.8, 4) is 11.4 Å². The Morgan fingerprint density at radius 3 is 2.88 bits per heavy atom. The van der Waals surface area contributed by atoms with E-state index in [2.05, 4.69) is 41.7 Å². The van der Waals surface area contributed by atoms with Crippen LogP contribution in [0.3, 0.4) is 0 Å². The van der Waals surface area contributed by atoms with Gasteiger partial charge in [0, 0.05) is 27.4 Å². The van der Waals surface area contributed by atoms with Gasteiger partial charge in [0.25, 0.3) is 5.56 Å². The van der Waals surface area contributed by atoms with E-state index in [1.807, 2.05) is 36.4 Å². The van der Waals surface area contributed by atoms with Crippen molar-refractivity contribution in [3.05, 3.63) is 51.2 Å². The lowest BCUT2D eigenvalue weighted by Gasteiger charge is -2.22. The van der Waals surface area contributed by atoms with Gasteiger partial charge in [-0.05, 0) is 62.2 Å². The summed E-state index contributed by atoms with van der Waals surface area (Å²) in [6.45, 7) is 3.07. The van der Waals surface area contributed by atoms with Crippen molar-refractivity contribution in [2.45, 2.75) is 12.8 Å². The Labute approximate surface area is 190 Å². The molecule has 5 aromatic rings. The molecule has 0 radical (unpaired) electrons. The Morgan fingerprint density at radius 1 is 1.12 bits per heavy atom. The van der Waals surface area contributed by atoms with Gasteiger partial charge in [0.15, 0.2) is 5.82 Å². The van der Waals surface area contributed by atoms with Crippen molar-refractivity contribution in [1.29, 1.82) is 0 Å². The fraction of sp³-hybridized carbons (Fsp3) is 0.261. The number of hydrogen-bond acceptors (Lipinski definition) is 6. The van der Waals surface area contributed by atoms with Gasteiger partial charge in [-0.3, -0.25) is 9.89 Å². The number of benzene rings is 2. The number of hydrogen-bond donors (Lipinski definition) is 4. The number of aromatic amines is 2. The van der Waals surface area contributed by atoms with Crippen LogP contribution >= 0.6 is 15.9 Å². The quantitative estimate of drug-likeness (QED) is 0.296. The van der Waals surface area contributed by atoms with Gasteiger partial charge in [0.05, 0.1) is 5.52 Å². The van der Waals surface area contributed by atoms with Gasteiger partial charge in [-0.1, -0.05) is 22.0 Å². The molecule has 8 nitrogen and oxygen atoms in total. The first-order chi connectivity index (χ1) is 15.7. The number of halogens is 1. The van der Waals surface area contributed by atoms with Crippen molar-refractivity contribution in [2.24, 2.45) is 5.92 Å². The van der Waals surface area contributed by atoms with Gasteiger partial charge < -0.3 is 20.0 Å². The summed E-state index contributed by atoms with van der Waals surface area (Å²) >= 11 is 3.48. The first kappa shape index (κ1) is 19.5. The van der Waals surface area contributed by atoms with Gasteiger partial charge in [-0.2, -0.15) is 5.10 Å². The van der Waals surface area contributed by atoms with E-state index in [4.69, 9.17) is 9.40 Å². The predicted octanol–water partition coefficient (Wildman–Crippen LogP) is 4.39. The number of piperidine rings is 1. The van der Waals surface area contributed by atoms with Crippen LogP contribution in [0.2, 0.25) is 0 Å². The molecule has 162 valence electrons. The Kier molecular flexibility index (Phi) is 4.73. The molecule has 0 spiro atoms. The molecule has 4 N–H and O–H groups in total. The molecule has 1 aliphatic rings. The number of aromatic nitrogens is 4. The topological polar surface area (TPSA) is 112 Å². The van der Waals surface area contributed by atoms with Crippen LogP contribution in [0.15, 0.2) is 50.1 Å². The van der Waals surface area contributed by atoms with Gasteiger partial charge in [0.2, 0.25) is 5.58 Å². The summed E-state index contributed by atoms with van der Waals surface area (Å²) in [4.78, 5) is 20.3. The number of anilines is 1. The summed E-state index contributed by atoms with van der Waals surface area (Å²) < 4.78 is 6.63. The number of nitrogens with one attached hydrogen (secondary N) is 4. The number of nitrogens with zero attached hydrogens (tertiary/aromatic N) is 2. The van der Waals surface area contributed by atoms with Crippen molar-refractivity contribution in [1.82, 2.24) is 25.5 Å². The largest absolute Gasteiger partial charge is 0.449 e. The Hall–Kier alpha value is -3.17. The summed E-state index contributed by atoms with van der Waals surface area (Å²) in [5.41, 5.74) is 2.80. The normalized spacial score (nSPS) is 15.2. The lowest BCUT2D eigenvalue weighted by molar-refractivity contribution is 0.389. The zero-order chi connectivity index (χ0) is 21.7. The van der Waals surface area contributed by atoms with Crippen LogP contribution < -0.4 is 16.2 Å². The highest BCUT2D eigenvalue weighted by atomic mass is 79.9. The fourth-order valence-electron chi connectivity index (χ4n) is 4.39. The van der Waals surface area contributed by atoms with Crippen LogP contribution in [0.5, 0.6) is 0 Å². The standard InChI is InChI=1S/C23H21BrN6O2/c24-14-2-4-18-16(10-14)19-20(32-18)23(31)28-21(27-19)13-1-3-15-17(9-13)29-30-22(15)26-11-12-5-7-25-8-6-12/h1-4,9-10,12,25H,5-8,11H2,(H2,26,29,30)(H,27,28,31). The maximum atomic E-state index is 12.7. The number of furan rings is 1. The monoisotopic (exact) mass is 492 g/mol. The molecule has 6 rings (SSSR count). The van der Waals surface area contributed by atoms with Gasteiger partial charge >= 0.3 is 0 Å². The Morgan fingerprint density at radius 2 is 2.00 bits per heavy atom.